The standard InChI is InChI=1S/C21H28FN3O2/c1-20(2)18(27)25(4)19(23)24-21(20,3)16-12-14(8-9-17(16)22)11-15(26)10-13-6-5-7-13/h8-9,12-13H,5-7,10-11H2,1-4H3,(H2,23,24)/t21-/m1/s1. The molecule has 0 spiro atoms. The van der Waals surface area contributed by atoms with Gasteiger partial charge in [-0.3, -0.25) is 14.5 Å². The Labute approximate surface area is 159 Å². The highest BCUT2D eigenvalue weighted by Crippen LogP contribution is 2.47. The van der Waals surface area contributed by atoms with Crippen molar-refractivity contribution in [3.8, 4) is 0 Å². The first-order chi connectivity index (χ1) is 12.6. The maximum absolute atomic E-state index is 14.8. The van der Waals surface area contributed by atoms with E-state index >= 15 is 0 Å². The van der Waals surface area contributed by atoms with E-state index in [1.807, 2.05) is 0 Å². The van der Waals surface area contributed by atoms with Gasteiger partial charge in [0, 0.05) is 25.5 Å². The number of nitrogens with two attached hydrogens (primary N) is 1. The molecular weight excluding hydrogens is 345 g/mol. The van der Waals surface area contributed by atoms with Crippen LogP contribution in [0.1, 0.15) is 57.6 Å². The SMILES string of the molecule is CN1C(=O)C(C)(C)[C@@](C)(c2cc(CC(=O)CC3CCC3)ccc2F)N=C1N. The molecule has 1 heterocycles. The van der Waals surface area contributed by atoms with Crippen LogP contribution in [-0.2, 0) is 21.5 Å². The molecule has 3 rings (SSSR count). The molecule has 1 aromatic rings. The van der Waals surface area contributed by atoms with Gasteiger partial charge in [0.1, 0.15) is 17.1 Å². The third-order valence-electron chi connectivity index (χ3n) is 6.44. The van der Waals surface area contributed by atoms with E-state index in [0.717, 1.165) is 18.4 Å². The van der Waals surface area contributed by atoms with E-state index in [4.69, 9.17) is 5.73 Å². The number of ketones is 1. The fourth-order valence-electron chi connectivity index (χ4n) is 3.95. The summed E-state index contributed by atoms with van der Waals surface area (Å²) in [5.74, 6) is 0.0691. The van der Waals surface area contributed by atoms with Gasteiger partial charge in [0.2, 0.25) is 5.91 Å². The molecule has 1 atom stereocenters. The number of carbonyl (C=O) groups is 2. The highest BCUT2D eigenvalue weighted by Gasteiger charge is 2.53. The number of hydrogen-bond donors (Lipinski definition) is 1. The molecule has 146 valence electrons. The average Bonchev–Trinajstić information content (AvgIpc) is 2.57. The molecule has 1 amide bonds. The van der Waals surface area contributed by atoms with Gasteiger partial charge in [0.15, 0.2) is 5.96 Å². The van der Waals surface area contributed by atoms with E-state index in [2.05, 4.69) is 4.99 Å². The Bertz CT molecular complexity index is 814. The summed E-state index contributed by atoms with van der Waals surface area (Å²) in [5.41, 5.74) is 4.83. The summed E-state index contributed by atoms with van der Waals surface area (Å²) in [7, 11) is 1.56. The van der Waals surface area contributed by atoms with Gasteiger partial charge in [-0.15, -0.1) is 0 Å². The number of nitrogens with zero attached hydrogens (tertiary/aromatic N) is 2. The van der Waals surface area contributed by atoms with Crippen LogP contribution in [0.25, 0.3) is 0 Å². The van der Waals surface area contributed by atoms with Gasteiger partial charge < -0.3 is 5.73 Å². The van der Waals surface area contributed by atoms with Crippen LogP contribution in [0.5, 0.6) is 0 Å². The van der Waals surface area contributed by atoms with E-state index < -0.39 is 16.8 Å². The van der Waals surface area contributed by atoms with E-state index in [9.17, 15) is 14.0 Å². The number of rotatable bonds is 5. The van der Waals surface area contributed by atoms with Crippen molar-refractivity contribution in [1.82, 2.24) is 4.90 Å². The monoisotopic (exact) mass is 373 g/mol. The van der Waals surface area contributed by atoms with Crippen LogP contribution in [0.4, 0.5) is 4.39 Å². The Morgan fingerprint density at radius 1 is 1.33 bits per heavy atom. The van der Waals surface area contributed by atoms with Crippen molar-refractivity contribution in [2.24, 2.45) is 22.1 Å². The van der Waals surface area contributed by atoms with Gasteiger partial charge >= 0.3 is 0 Å². The molecule has 0 radical (unpaired) electrons. The quantitative estimate of drug-likeness (QED) is 0.861. The summed E-state index contributed by atoms with van der Waals surface area (Å²) in [6.45, 7) is 5.22. The van der Waals surface area contributed by atoms with Crippen LogP contribution in [0.15, 0.2) is 23.2 Å². The summed E-state index contributed by atoms with van der Waals surface area (Å²) in [4.78, 5) is 30.9. The molecule has 2 N–H and O–H groups in total. The van der Waals surface area contributed by atoms with Crippen LogP contribution in [-0.4, -0.2) is 29.6 Å². The molecule has 0 saturated heterocycles. The molecule has 0 bridgehead atoms. The Morgan fingerprint density at radius 3 is 2.59 bits per heavy atom. The lowest BCUT2D eigenvalue weighted by Gasteiger charge is -2.46. The number of amides is 1. The van der Waals surface area contributed by atoms with E-state index in [-0.39, 0.29) is 24.1 Å². The topological polar surface area (TPSA) is 75.8 Å². The number of Topliss-reactive ketones (excluding diaryl/α,β-unsaturated/α-hetero) is 1. The molecule has 6 heteroatoms. The minimum atomic E-state index is -1.15. The molecular formula is C21H28FN3O2. The highest BCUT2D eigenvalue weighted by molar-refractivity contribution is 6.01. The number of aliphatic imine (C=N–C) groups is 1. The van der Waals surface area contributed by atoms with Gasteiger partial charge in [-0.05, 0) is 44.4 Å². The molecule has 1 aromatic carbocycles. The normalized spacial score (nSPS) is 25.1. The summed E-state index contributed by atoms with van der Waals surface area (Å²) in [6, 6.07) is 4.67. The van der Waals surface area contributed by atoms with Crippen molar-refractivity contribution < 1.29 is 14.0 Å². The first-order valence-corrected chi connectivity index (χ1v) is 9.50. The summed E-state index contributed by atoms with van der Waals surface area (Å²) < 4.78 is 14.8. The molecule has 1 fully saturated rings. The molecule has 2 aliphatic rings. The maximum atomic E-state index is 14.8. The lowest BCUT2D eigenvalue weighted by atomic mass is 9.67. The molecule has 1 saturated carbocycles. The van der Waals surface area contributed by atoms with Gasteiger partial charge in [-0.2, -0.15) is 0 Å². The van der Waals surface area contributed by atoms with Gasteiger partial charge in [-0.1, -0.05) is 25.3 Å². The van der Waals surface area contributed by atoms with Gasteiger partial charge in [0.05, 0.1) is 5.41 Å². The lowest BCUT2D eigenvalue weighted by molar-refractivity contribution is -0.140. The summed E-state index contributed by atoms with van der Waals surface area (Å²) in [6.07, 6.45) is 4.30. The zero-order chi connectivity index (χ0) is 20.0. The predicted octanol–water partition coefficient (Wildman–Crippen LogP) is 3.16. The minimum Gasteiger partial charge on any atom is -0.369 e. The van der Waals surface area contributed by atoms with E-state index in [1.165, 1.54) is 17.4 Å². The Balaban J connectivity index is 1.95. The van der Waals surface area contributed by atoms with Crippen LogP contribution in [0, 0.1) is 17.2 Å². The summed E-state index contributed by atoms with van der Waals surface area (Å²) >= 11 is 0. The maximum Gasteiger partial charge on any atom is 0.237 e. The minimum absolute atomic E-state index is 0.0627. The molecule has 0 unspecified atom stereocenters. The van der Waals surface area contributed by atoms with Crippen molar-refractivity contribution in [2.75, 3.05) is 7.05 Å². The smallest absolute Gasteiger partial charge is 0.237 e. The number of carbonyl (C=O) groups excluding carboxylic acids is 2. The molecule has 5 nitrogen and oxygen atoms in total. The second-order valence-corrected chi connectivity index (χ2v) is 8.56. The predicted molar refractivity (Wildman–Crippen MR) is 103 cm³/mol. The summed E-state index contributed by atoms with van der Waals surface area (Å²) in [5, 5.41) is 0. The van der Waals surface area contributed by atoms with Crippen molar-refractivity contribution in [1.29, 1.82) is 0 Å². The fourth-order valence-corrected chi connectivity index (χ4v) is 3.95. The zero-order valence-corrected chi connectivity index (χ0v) is 16.5. The van der Waals surface area contributed by atoms with Crippen LogP contribution >= 0.6 is 0 Å². The first kappa shape index (κ1) is 19.5. The highest BCUT2D eigenvalue weighted by atomic mass is 19.1. The van der Waals surface area contributed by atoms with E-state index in [1.54, 1.807) is 40.0 Å². The Hall–Kier alpha value is -2.24. The number of guanidine groups is 1. The number of hydrogen-bond acceptors (Lipinski definition) is 4. The van der Waals surface area contributed by atoms with Crippen LogP contribution in [0.2, 0.25) is 0 Å². The molecule has 0 aromatic heterocycles. The van der Waals surface area contributed by atoms with Gasteiger partial charge in [0.25, 0.3) is 0 Å². The van der Waals surface area contributed by atoms with Crippen molar-refractivity contribution in [3.63, 3.8) is 0 Å². The second-order valence-electron chi connectivity index (χ2n) is 8.56. The van der Waals surface area contributed by atoms with Crippen LogP contribution in [0.3, 0.4) is 0 Å². The molecule has 27 heavy (non-hydrogen) atoms. The zero-order valence-electron chi connectivity index (χ0n) is 16.5. The Kier molecular flexibility index (Phi) is 4.87. The largest absolute Gasteiger partial charge is 0.369 e. The third-order valence-corrected chi connectivity index (χ3v) is 6.44. The fraction of sp³-hybridized carbons (Fsp3) is 0.571. The first-order valence-electron chi connectivity index (χ1n) is 9.50. The molecule has 1 aliphatic carbocycles. The van der Waals surface area contributed by atoms with Crippen LogP contribution < -0.4 is 5.73 Å². The van der Waals surface area contributed by atoms with Gasteiger partial charge in [-0.25, -0.2) is 9.38 Å². The second kappa shape index (κ2) is 6.73. The van der Waals surface area contributed by atoms with Crippen molar-refractivity contribution >= 4 is 17.6 Å². The van der Waals surface area contributed by atoms with Crippen molar-refractivity contribution in [2.45, 2.75) is 58.4 Å². The Morgan fingerprint density at radius 2 is 2.00 bits per heavy atom. The number of benzene rings is 1. The lowest BCUT2D eigenvalue weighted by Crippen LogP contribution is -2.58. The van der Waals surface area contributed by atoms with E-state index in [0.29, 0.717) is 17.9 Å². The average molecular weight is 373 g/mol. The molecule has 1 aliphatic heterocycles. The third kappa shape index (κ3) is 3.26. The number of halogens is 1. The van der Waals surface area contributed by atoms with Crippen molar-refractivity contribution in [3.05, 3.63) is 35.1 Å².